The van der Waals surface area contributed by atoms with Gasteiger partial charge in [0.05, 0.1) is 6.61 Å². The molecule has 1 fully saturated rings. The van der Waals surface area contributed by atoms with E-state index in [9.17, 15) is 13.2 Å². The van der Waals surface area contributed by atoms with E-state index in [-0.39, 0.29) is 16.6 Å². The van der Waals surface area contributed by atoms with Gasteiger partial charge in [0, 0.05) is 25.2 Å². The first-order chi connectivity index (χ1) is 14.0. The maximum absolute atomic E-state index is 13.3. The molecule has 6 nitrogen and oxygen atoms in total. The van der Waals surface area contributed by atoms with E-state index < -0.39 is 10.0 Å². The van der Waals surface area contributed by atoms with Gasteiger partial charge in [-0.15, -0.1) is 0 Å². The number of ether oxygens (including phenoxy) is 1. The minimum atomic E-state index is -3.73. The molecular weight excluding hydrogens is 388 g/mol. The Labute approximate surface area is 172 Å². The summed E-state index contributed by atoms with van der Waals surface area (Å²) in [5.74, 6) is -0.0272. The number of carbonyl (C=O) groups is 1. The van der Waals surface area contributed by atoms with Crippen LogP contribution in [0, 0.1) is 0 Å². The van der Waals surface area contributed by atoms with E-state index in [1.165, 1.54) is 10.4 Å². The minimum absolute atomic E-state index is 0.0635. The van der Waals surface area contributed by atoms with E-state index in [0.717, 1.165) is 31.2 Å². The van der Waals surface area contributed by atoms with Crippen molar-refractivity contribution in [3.05, 3.63) is 59.7 Å². The summed E-state index contributed by atoms with van der Waals surface area (Å²) in [6.45, 7) is 3.53. The highest BCUT2D eigenvalue weighted by atomic mass is 32.2. The number of nitrogens with one attached hydrogen (secondary N) is 1. The summed E-state index contributed by atoms with van der Waals surface area (Å²) in [4.78, 5) is 12.7. The second kappa shape index (κ2) is 9.89. The number of amides is 1. The van der Waals surface area contributed by atoms with Crippen LogP contribution in [0.15, 0.2) is 53.4 Å². The highest BCUT2D eigenvalue weighted by Crippen LogP contribution is 2.29. The predicted molar refractivity (Wildman–Crippen MR) is 112 cm³/mol. The molecule has 0 atom stereocenters. The van der Waals surface area contributed by atoms with Crippen LogP contribution in [-0.4, -0.2) is 38.3 Å². The van der Waals surface area contributed by atoms with Crippen LogP contribution < -0.4 is 10.1 Å². The number of benzene rings is 2. The van der Waals surface area contributed by atoms with Gasteiger partial charge in [-0.1, -0.05) is 43.2 Å². The Hall–Kier alpha value is -2.38. The van der Waals surface area contributed by atoms with E-state index in [0.29, 0.717) is 31.8 Å². The first-order valence-electron chi connectivity index (χ1n) is 10.1. The van der Waals surface area contributed by atoms with Crippen LogP contribution >= 0.6 is 0 Å². The zero-order chi connectivity index (χ0) is 20.7. The smallest absolute Gasteiger partial charge is 0.251 e. The molecule has 1 N–H and O–H groups in total. The van der Waals surface area contributed by atoms with Gasteiger partial charge in [0.2, 0.25) is 10.0 Å². The average molecular weight is 417 g/mol. The van der Waals surface area contributed by atoms with Crippen LogP contribution in [0.25, 0.3) is 0 Å². The van der Waals surface area contributed by atoms with E-state index in [2.05, 4.69) is 5.32 Å². The topological polar surface area (TPSA) is 75.7 Å². The second-order valence-electron chi connectivity index (χ2n) is 7.08. The molecule has 1 aliphatic rings. The van der Waals surface area contributed by atoms with Crippen molar-refractivity contribution in [2.45, 2.75) is 44.0 Å². The fraction of sp³-hybridized carbons (Fsp3) is 0.409. The van der Waals surface area contributed by atoms with Crippen molar-refractivity contribution >= 4 is 15.9 Å². The molecule has 0 bridgehead atoms. The largest absolute Gasteiger partial charge is 0.492 e. The Bertz CT molecular complexity index is 921. The number of nitrogens with zero attached hydrogens (tertiary/aromatic N) is 1. The van der Waals surface area contributed by atoms with Gasteiger partial charge in [-0.3, -0.25) is 4.79 Å². The fourth-order valence-electron chi connectivity index (χ4n) is 3.43. The molecule has 156 valence electrons. The predicted octanol–water partition coefficient (Wildman–Crippen LogP) is 3.58. The van der Waals surface area contributed by atoms with E-state index in [1.54, 1.807) is 12.1 Å². The van der Waals surface area contributed by atoms with Crippen molar-refractivity contribution in [1.29, 1.82) is 0 Å². The van der Waals surface area contributed by atoms with Crippen LogP contribution in [-0.2, 0) is 16.6 Å². The van der Waals surface area contributed by atoms with Gasteiger partial charge in [0.25, 0.3) is 5.91 Å². The molecule has 7 heteroatoms. The van der Waals surface area contributed by atoms with Crippen molar-refractivity contribution < 1.29 is 17.9 Å². The molecule has 1 aliphatic heterocycles. The Morgan fingerprint density at radius 1 is 1.03 bits per heavy atom. The fourth-order valence-corrected chi connectivity index (χ4v) is 5.10. The van der Waals surface area contributed by atoms with Crippen LogP contribution in [0.5, 0.6) is 5.75 Å². The summed E-state index contributed by atoms with van der Waals surface area (Å²) in [6.07, 6.45) is 3.76. The summed E-state index contributed by atoms with van der Waals surface area (Å²) in [5.41, 5.74) is 1.28. The maximum Gasteiger partial charge on any atom is 0.251 e. The molecule has 0 spiro atoms. The summed E-state index contributed by atoms with van der Waals surface area (Å²) < 4.78 is 33.7. The molecule has 1 amide bonds. The van der Waals surface area contributed by atoms with Gasteiger partial charge < -0.3 is 10.1 Å². The number of carbonyl (C=O) groups excluding carboxylic acids is 1. The lowest BCUT2D eigenvalue weighted by atomic mass is 10.2. The van der Waals surface area contributed by atoms with E-state index in [4.69, 9.17) is 4.74 Å². The van der Waals surface area contributed by atoms with Gasteiger partial charge in [-0.2, -0.15) is 4.31 Å². The van der Waals surface area contributed by atoms with Crippen molar-refractivity contribution in [2.24, 2.45) is 0 Å². The first-order valence-corrected chi connectivity index (χ1v) is 11.6. The monoisotopic (exact) mass is 416 g/mol. The summed E-state index contributed by atoms with van der Waals surface area (Å²) in [6, 6.07) is 14.2. The zero-order valence-corrected chi connectivity index (χ0v) is 17.6. The molecule has 1 heterocycles. The van der Waals surface area contributed by atoms with Crippen LogP contribution in [0.2, 0.25) is 0 Å². The maximum atomic E-state index is 13.3. The molecule has 0 aromatic heterocycles. The third-order valence-corrected chi connectivity index (χ3v) is 6.90. The summed E-state index contributed by atoms with van der Waals surface area (Å²) >= 11 is 0. The van der Waals surface area contributed by atoms with Crippen molar-refractivity contribution in [3.8, 4) is 5.75 Å². The molecule has 2 aromatic carbocycles. The van der Waals surface area contributed by atoms with Crippen LogP contribution in [0.4, 0.5) is 0 Å². The number of sulfonamides is 1. The highest BCUT2D eigenvalue weighted by Gasteiger charge is 2.29. The quantitative estimate of drug-likeness (QED) is 0.749. The zero-order valence-electron chi connectivity index (χ0n) is 16.8. The number of rotatable bonds is 7. The van der Waals surface area contributed by atoms with E-state index >= 15 is 0 Å². The number of hydrogen-bond acceptors (Lipinski definition) is 4. The Morgan fingerprint density at radius 3 is 2.38 bits per heavy atom. The molecule has 0 unspecified atom stereocenters. The Kier molecular flexibility index (Phi) is 7.28. The Morgan fingerprint density at radius 2 is 1.72 bits per heavy atom. The summed E-state index contributed by atoms with van der Waals surface area (Å²) in [7, 11) is -3.73. The lowest BCUT2D eigenvalue weighted by molar-refractivity contribution is 0.0950. The first kappa shape index (κ1) is 21.3. The molecule has 3 rings (SSSR count). The average Bonchev–Trinajstić information content (AvgIpc) is 3.03. The second-order valence-corrected chi connectivity index (χ2v) is 8.99. The Balaban J connectivity index is 1.86. The van der Waals surface area contributed by atoms with Gasteiger partial charge in [0.1, 0.15) is 10.6 Å². The molecule has 0 aliphatic carbocycles. The third kappa shape index (κ3) is 5.36. The highest BCUT2D eigenvalue weighted by molar-refractivity contribution is 7.89. The molecule has 1 saturated heterocycles. The normalized spacial score (nSPS) is 15.5. The van der Waals surface area contributed by atoms with Gasteiger partial charge in [-0.05, 0) is 43.5 Å². The van der Waals surface area contributed by atoms with Crippen LogP contribution in [0.3, 0.4) is 0 Å². The molecule has 29 heavy (non-hydrogen) atoms. The minimum Gasteiger partial charge on any atom is -0.492 e. The SMILES string of the molecule is CCOc1ccc(C(=O)NCc2ccccc2)cc1S(=O)(=O)N1CCCCCC1. The van der Waals surface area contributed by atoms with Gasteiger partial charge >= 0.3 is 0 Å². The standard InChI is InChI=1S/C22H28N2O4S/c1-2-28-20-13-12-19(22(25)23-17-18-10-6-5-7-11-18)16-21(20)29(26,27)24-14-8-3-4-9-15-24/h5-7,10-13,16H,2-4,8-9,14-15,17H2,1H3,(H,23,25). The molecule has 2 aromatic rings. The molecule has 0 saturated carbocycles. The van der Waals surface area contributed by atoms with Crippen molar-refractivity contribution in [1.82, 2.24) is 9.62 Å². The molecular formula is C22H28N2O4S. The molecule has 0 radical (unpaired) electrons. The lowest BCUT2D eigenvalue weighted by Crippen LogP contribution is -2.32. The summed E-state index contributed by atoms with van der Waals surface area (Å²) in [5, 5.41) is 2.85. The van der Waals surface area contributed by atoms with Gasteiger partial charge in [-0.25, -0.2) is 8.42 Å². The third-order valence-electron chi connectivity index (χ3n) is 4.98. The van der Waals surface area contributed by atoms with Crippen molar-refractivity contribution in [3.63, 3.8) is 0 Å². The van der Waals surface area contributed by atoms with Crippen LogP contribution in [0.1, 0.15) is 48.5 Å². The van der Waals surface area contributed by atoms with E-state index in [1.807, 2.05) is 37.3 Å². The number of hydrogen-bond donors (Lipinski definition) is 1. The van der Waals surface area contributed by atoms with Gasteiger partial charge in [0.15, 0.2) is 0 Å². The lowest BCUT2D eigenvalue weighted by Gasteiger charge is -2.22. The van der Waals surface area contributed by atoms with Crippen molar-refractivity contribution in [2.75, 3.05) is 19.7 Å².